The van der Waals surface area contributed by atoms with Gasteiger partial charge in [-0.05, 0) is 26.0 Å². The fourth-order valence-electron chi connectivity index (χ4n) is 3.41. The molecule has 30 heavy (non-hydrogen) atoms. The van der Waals surface area contributed by atoms with Gasteiger partial charge in [0.25, 0.3) is 5.56 Å². The van der Waals surface area contributed by atoms with Crippen LogP contribution in [0, 0.1) is 30.2 Å². The van der Waals surface area contributed by atoms with Gasteiger partial charge in [0, 0.05) is 23.2 Å². The summed E-state index contributed by atoms with van der Waals surface area (Å²) in [5.74, 6) is -7.62. The molecule has 4 rings (SSSR count). The fraction of sp³-hybridized carbons (Fsp3) is 0.150. The van der Waals surface area contributed by atoms with Crippen molar-refractivity contribution in [2.45, 2.75) is 19.9 Å². The highest BCUT2D eigenvalue weighted by atomic mass is 19.2. The zero-order valence-electron chi connectivity index (χ0n) is 15.7. The van der Waals surface area contributed by atoms with Crippen LogP contribution in [0.15, 0.2) is 41.2 Å². The first-order valence-corrected chi connectivity index (χ1v) is 8.84. The number of nitrogens with one attached hydrogen (secondary N) is 1. The summed E-state index contributed by atoms with van der Waals surface area (Å²) in [4.78, 5) is 28.7. The van der Waals surface area contributed by atoms with Crippen molar-refractivity contribution in [1.29, 1.82) is 0 Å². The Hall–Kier alpha value is -3.69. The maximum atomic E-state index is 14.0. The number of aryl methyl sites for hydroxylation is 1. The van der Waals surface area contributed by atoms with Crippen LogP contribution in [0.1, 0.15) is 18.7 Å². The van der Waals surface area contributed by atoms with E-state index >= 15 is 0 Å². The number of amides is 1. The van der Waals surface area contributed by atoms with Crippen LogP contribution in [0.5, 0.6) is 0 Å². The van der Waals surface area contributed by atoms with Crippen LogP contribution in [0.4, 0.5) is 23.2 Å². The van der Waals surface area contributed by atoms with Gasteiger partial charge >= 0.3 is 0 Å². The van der Waals surface area contributed by atoms with E-state index in [-0.39, 0.29) is 6.07 Å². The molecule has 1 N–H and O–H groups in total. The molecule has 1 atom stereocenters. The van der Waals surface area contributed by atoms with Crippen LogP contribution < -0.4 is 10.9 Å². The molecule has 0 fully saturated rings. The third kappa shape index (κ3) is 2.92. The largest absolute Gasteiger partial charge is 0.319 e. The molecule has 0 aliphatic carbocycles. The van der Waals surface area contributed by atoms with E-state index in [1.165, 1.54) is 22.2 Å². The van der Waals surface area contributed by atoms with E-state index in [2.05, 4.69) is 4.98 Å². The van der Waals surface area contributed by atoms with E-state index < -0.39 is 46.5 Å². The number of benzene rings is 2. The molecule has 0 saturated carbocycles. The first kappa shape index (κ1) is 19.6. The quantitative estimate of drug-likeness (QED) is 0.407. The maximum Gasteiger partial charge on any atom is 0.273 e. The highest BCUT2D eigenvalue weighted by Gasteiger charge is 2.26. The Morgan fingerprint density at radius 1 is 1.07 bits per heavy atom. The summed E-state index contributed by atoms with van der Waals surface area (Å²) in [6, 6.07) is 7.06. The third-order valence-electron chi connectivity index (χ3n) is 4.80. The molecule has 0 aliphatic rings. The lowest BCUT2D eigenvalue weighted by Gasteiger charge is -2.18. The highest BCUT2D eigenvalue weighted by Crippen LogP contribution is 2.28. The second-order valence-corrected chi connectivity index (χ2v) is 6.74. The Morgan fingerprint density at radius 3 is 2.37 bits per heavy atom. The number of aromatic nitrogens is 3. The lowest BCUT2D eigenvalue weighted by molar-refractivity contribution is -0.119. The van der Waals surface area contributed by atoms with Crippen LogP contribution in [-0.2, 0) is 4.79 Å². The van der Waals surface area contributed by atoms with Gasteiger partial charge in [-0.1, -0.05) is 12.1 Å². The second-order valence-electron chi connectivity index (χ2n) is 6.74. The Labute approximate surface area is 166 Å². The van der Waals surface area contributed by atoms with Crippen molar-refractivity contribution in [3.63, 3.8) is 0 Å². The SMILES string of the molecule is Cc1cc(=O)nc2c3ccccc3n([C@H](C)C(=O)Nc3c(F)c(F)cc(F)c3F)n12. The third-order valence-corrected chi connectivity index (χ3v) is 4.80. The molecule has 2 aromatic carbocycles. The Balaban J connectivity index is 1.87. The summed E-state index contributed by atoms with van der Waals surface area (Å²) in [6.07, 6.45) is 0. The molecule has 0 saturated heterocycles. The molecule has 0 bridgehead atoms. The van der Waals surface area contributed by atoms with Crippen LogP contribution in [-0.4, -0.2) is 20.1 Å². The monoisotopic (exact) mass is 418 g/mol. The zero-order chi connectivity index (χ0) is 21.7. The number of para-hydroxylation sites is 1. The summed E-state index contributed by atoms with van der Waals surface area (Å²) in [5, 5.41) is 2.50. The van der Waals surface area contributed by atoms with Gasteiger partial charge in [-0.3, -0.25) is 14.3 Å². The predicted molar refractivity (Wildman–Crippen MR) is 101 cm³/mol. The molecule has 1 amide bonds. The molecule has 2 aromatic heterocycles. The number of anilines is 1. The second kappa shape index (κ2) is 6.97. The molecular formula is C20H14F4N4O2. The van der Waals surface area contributed by atoms with Crippen molar-refractivity contribution in [3.8, 4) is 0 Å². The van der Waals surface area contributed by atoms with Crippen molar-refractivity contribution in [3.05, 3.63) is 75.7 Å². The standard InChI is InChI=1S/C20H14F4N4O2/c1-9-7-15(29)25-19-11-5-3-4-6-14(11)28(27(9)19)10(2)20(30)26-18-16(23)12(21)8-13(22)17(18)24/h3-8,10H,1-2H3,(H,26,30)/t10-/m1/s1. The Kier molecular flexibility index (Phi) is 4.56. The molecule has 0 spiro atoms. The molecule has 2 heterocycles. The minimum Gasteiger partial charge on any atom is -0.319 e. The maximum absolute atomic E-state index is 14.0. The van der Waals surface area contributed by atoms with E-state index in [4.69, 9.17) is 0 Å². The van der Waals surface area contributed by atoms with Gasteiger partial charge < -0.3 is 5.32 Å². The van der Waals surface area contributed by atoms with Crippen molar-refractivity contribution in [2.24, 2.45) is 0 Å². The Morgan fingerprint density at radius 2 is 1.70 bits per heavy atom. The number of hydrogen-bond donors (Lipinski definition) is 1. The van der Waals surface area contributed by atoms with E-state index in [1.807, 2.05) is 5.32 Å². The molecule has 4 aromatic rings. The topological polar surface area (TPSA) is 68.4 Å². The average Bonchev–Trinajstić information content (AvgIpc) is 3.03. The Bertz CT molecular complexity index is 1370. The number of hydrogen-bond acceptors (Lipinski definition) is 3. The summed E-state index contributed by atoms with van der Waals surface area (Å²) in [7, 11) is 0. The van der Waals surface area contributed by atoms with Crippen molar-refractivity contribution in [1.82, 2.24) is 14.2 Å². The van der Waals surface area contributed by atoms with Crippen LogP contribution in [0.2, 0.25) is 0 Å². The zero-order valence-corrected chi connectivity index (χ0v) is 15.7. The van der Waals surface area contributed by atoms with Crippen molar-refractivity contribution in [2.75, 3.05) is 5.32 Å². The van der Waals surface area contributed by atoms with E-state index in [9.17, 15) is 27.2 Å². The number of halogens is 4. The van der Waals surface area contributed by atoms with Crippen LogP contribution >= 0.6 is 0 Å². The summed E-state index contributed by atoms with van der Waals surface area (Å²) >= 11 is 0. The van der Waals surface area contributed by atoms with Crippen LogP contribution in [0.25, 0.3) is 16.6 Å². The van der Waals surface area contributed by atoms with Gasteiger partial charge in [-0.15, -0.1) is 0 Å². The van der Waals surface area contributed by atoms with Crippen molar-refractivity contribution < 1.29 is 22.4 Å². The molecule has 154 valence electrons. The average molecular weight is 418 g/mol. The molecular weight excluding hydrogens is 404 g/mol. The van der Waals surface area contributed by atoms with Crippen LogP contribution in [0.3, 0.4) is 0 Å². The number of nitrogens with zero attached hydrogens (tertiary/aromatic N) is 3. The number of carbonyl (C=O) groups excluding carboxylic acids is 1. The highest BCUT2D eigenvalue weighted by molar-refractivity contribution is 5.97. The number of fused-ring (bicyclic) bond motifs is 3. The van der Waals surface area contributed by atoms with E-state index in [1.54, 1.807) is 31.2 Å². The first-order chi connectivity index (χ1) is 14.2. The fourth-order valence-corrected chi connectivity index (χ4v) is 3.41. The number of carbonyl (C=O) groups is 1. The molecule has 6 nitrogen and oxygen atoms in total. The minimum atomic E-state index is -1.71. The van der Waals surface area contributed by atoms with Gasteiger partial charge in [0.05, 0.1) is 5.52 Å². The summed E-state index contributed by atoms with van der Waals surface area (Å²) in [6.45, 7) is 3.07. The molecule has 0 radical (unpaired) electrons. The minimum absolute atomic E-state index is 0.0576. The lowest BCUT2D eigenvalue weighted by atomic mass is 10.2. The summed E-state index contributed by atoms with van der Waals surface area (Å²) in [5.41, 5.74) is -0.397. The van der Waals surface area contributed by atoms with E-state index in [0.29, 0.717) is 22.2 Å². The smallest absolute Gasteiger partial charge is 0.273 e. The lowest BCUT2D eigenvalue weighted by Crippen LogP contribution is -2.28. The molecule has 0 unspecified atom stereocenters. The predicted octanol–water partition coefficient (Wildman–Crippen LogP) is 3.71. The molecule has 0 aliphatic heterocycles. The van der Waals surface area contributed by atoms with Crippen molar-refractivity contribution >= 4 is 28.1 Å². The van der Waals surface area contributed by atoms with Gasteiger partial charge in [-0.25, -0.2) is 22.1 Å². The van der Waals surface area contributed by atoms with E-state index in [0.717, 1.165) is 0 Å². The first-order valence-electron chi connectivity index (χ1n) is 8.84. The van der Waals surface area contributed by atoms with Gasteiger partial charge in [-0.2, -0.15) is 4.98 Å². The normalized spacial score (nSPS) is 12.5. The van der Waals surface area contributed by atoms with Gasteiger partial charge in [0.2, 0.25) is 5.91 Å². The molecule has 10 heteroatoms. The van der Waals surface area contributed by atoms with Gasteiger partial charge in [0.15, 0.2) is 28.9 Å². The number of rotatable bonds is 3. The van der Waals surface area contributed by atoms with Gasteiger partial charge in [0.1, 0.15) is 11.7 Å². The summed E-state index contributed by atoms with van der Waals surface area (Å²) < 4.78 is 57.9.